The fourth-order valence-corrected chi connectivity index (χ4v) is 3.41. The second kappa shape index (κ2) is 5.57. The van der Waals surface area contributed by atoms with Crippen molar-refractivity contribution >= 4 is 28.3 Å². The van der Waals surface area contributed by atoms with Gasteiger partial charge in [0.25, 0.3) is 0 Å². The minimum absolute atomic E-state index is 0.308. The molecular formula is C16H20ClN3. The first kappa shape index (κ1) is 13.6. The highest BCUT2D eigenvalue weighted by molar-refractivity contribution is 6.28. The SMILES string of the molecule is CCC1(CNc2nc(Cl)nc3ccccc23)CCCC1. The minimum atomic E-state index is 0.308. The van der Waals surface area contributed by atoms with Gasteiger partial charge in [-0.3, -0.25) is 0 Å². The maximum absolute atomic E-state index is 6.03. The Morgan fingerprint density at radius 2 is 1.95 bits per heavy atom. The van der Waals surface area contributed by atoms with Gasteiger partial charge >= 0.3 is 0 Å². The number of fused-ring (bicyclic) bond motifs is 1. The topological polar surface area (TPSA) is 37.8 Å². The number of hydrogen-bond donors (Lipinski definition) is 1. The minimum Gasteiger partial charge on any atom is -0.369 e. The van der Waals surface area contributed by atoms with Crippen LogP contribution in [0.25, 0.3) is 10.9 Å². The summed E-state index contributed by atoms with van der Waals surface area (Å²) in [5.74, 6) is 0.861. The lowest BCUT2D eigenvalue weighted by Gasteiger charge is -2.28. The fraction of sp³-hybridized carbons (Fsp3) is 0.500. The van der Waals surface area contributed by atoms with E-state index in [2.05, 4.69) is 22.2 Å². The predicted octanol–water partition coefficient (Wildman–Crippen LogP) is 4.67. The van der Waals surface area contributed by atoms with E-state index in [1.54, 1.807) is 0 Å². The highest BCUT2D eigenvalue weighted by Crippen LogP contribution is 2.41. The van der Waals surface area contributed by atoms with Crippen molar-refractivity contribution in [2.24, 2.45) is 5.41 Å². The molecule has 1 saturated carbocycles. The van der Waals surface area contributed by atoms with Gasteiger partial charge in [0.1, 0.15) is 5.82 Å². The summed E-state index contributed by atoms with van der Waals surface area (Å²) in [6.45, 7) is 3.26. The van der Waals surface area contributed by atoms with Gasteiger partial charge in [0.05, 0.1) is 5.52 Å². The number of rotatable bonds is 4. The van der Waals surface area contributed by atoms with Gasteiger partial charge in [-0.15, -0.1) is 0 Å². The molecule has 0 spiro atoms. The van der Waals surface area contributed by atoms with Gasteiger partial charge in [-0.25, -0.2) is 9.97 Å². The number of nitrogens with one attached hydrogen (secondary N) is 1. The van der Waals surface area contributed by atoms with Crippen LogP contribution >= 0.6 is 11.6 Å². The predicted molar refractivity (Wildman–Crippen MR) is 84.2 cm³/mol. The van der Waals surface area contributed by atoms with Crippen molar-refractivity contribution in [3.05, 3.63) is 29.5 Å². The Morgan fingerprint density at radius 1 is 1.20 bits per heavy atom. The summed E-state index contributed by atoms with van der Waals surface area (Å²) in [6, 6.07) is 8.00. The third kappa shape index (κ3) is 2.59. The molecule has 0 aliphatic heterocycles. The van der Waals surface area contributed by atoms with Crippen LogP contribution in [0.2, 0.25) is 5.28 Å². The van der Waals surface area contributed by atoms with Crippen molar-refractivity contribution in [2.75, 3.05) is 11.9 Å². The molecule has 1 aliphatic rings. The summed E-state index contributed by atoms with van der Waals surface area (Å²) in [5, 5.41) is 4.88. The molecule has 20 heavy (non-hydrogen) atoms. The molecule has 2 aromatic rings. The van der Waals surface area contributed by atoms with Gasteiger partial charge in [-0.1, -0.05) is 31.9 Å². The lowest BCUT2D eigenvalue weighted by Crippen LogP contribution is -2.26. The summed E-state index contributed by atoms with van der Waals surface area (Å²) in [6.07, 6.45) is 6.54. The summed E-state index contributed by atoms with van der Waals surface area (Å²) in [5.41, 5.74) is 1.32. The Kier molecular flexibility index (Phi) is 3.79. The zero-order valence-electron chi connectivity index (χ0n) is 11.8. The lowest BCUT2D eigenvalue weighted by molar-refractivity contribution is 0.306. The second-order valence-electron chi connectivity index (χ2n) is 5.77. The molecule has 1 aromatic carbocycles. The normalized spacial score (nSPS) is 17.5. The number of aromatic nitrogens is 2. The number of anilines is 1. The van der Waals surface area contributed by atoms with Crippen LogP contribution in [-0.4, -0.2) is 16.5 Å². The van der Waals surface area contributed by atoms with E-state index >= 15 is 0 Å². The molecule has 1 aromatic heterocycles. The Hall–Kier alpha value is -1.35. The fourth-order valence-electron chi connectivity index (χ4n) is 3.23. The molecule has 0 bridgehead atoms. The van der Waals surface area contributed by atoms with Gasteiger partial charge < -0.3 is 5.32 Å². The summed E-state index contributed by atoms with van der Waals surface area (Å²) < 4.78 is 0. The molecule has 106 valence electrons. The zero-order valence-corrected chi connectivity index (χ0v) is 12.6. The van der Waals surface area contributed by atoms with E-state index in [1.807, 2.05) is 24.3 Å². The van der Waals surface area contributed by atoms with Crippen LogP contribution in [0.4, 0.5) is 5.82 Å². The van der Waals surface area contributed by atoms with Gasteiger partial charge in [-0.05, 0) is 48.4 Å². The monoisotopic (exact) mass is 289 g/mol. The van der Waals surface area contributed by atoms with Crippen LogP contribution in [0.1, 0.15) is 39.0 Å². The first-order valence-electron chi connectivity index (χ1n) is 7.39. The van der Waals surface area contributed by atoms with Crippen LogP contribution in [0, 0.1) is 5.41 Å². The molecule has 1 fully saturated rings. The lowest BCUT2D eigenvalue weighted by atomic mass is 9.83. The standard InChI is InChI=1S/C16H20ClN3/c1-2-16(9-5-6-10-16)11-18-14-12-7-3-4-8-13(12)19-15(17)20-14/h3-4,7-8H,2,5-6,9-11H2,1H3,(H,18,19,20). The molecule has 1 aliphatic carbocycles. The largest absolute Gasteiger partial charge is 0.369 e. The van der Waals surface area contributed by atoms with Gasteiger partial charge in [0.2, 0.25) is 5.28 Å². The quantitative estimate of drug-likeness (QED) is 0.832. The van der Waals surface area contributed by atoms with Gasteiger partial charge in [0, 0.05) is 11.9 Å². The van der Waals surface area contributed by atoms with E-state index in [1.165, 1.54) is 32.1 Å². The average Bonchev–Trinajstić information content (AvgIpc) is 2.94. The average molecular weight is 290 g/mol. The van der Waals surface area contributed by atoms with E-state index in [9.17, 15) is 0 Å². The van der Waals surface area contributed by atoms with Crippen molar-refractivity contribution in [3.8, 4) is 0 Å². The van der Waals surface area contributed by atoms with Crippen LogP contribution < -0.4 is 5.32 Å². The Labute approximate surface area is 124 Å². The van der Waals surface area contributed by atoms with Crippen LogP contribution in [0.5, 0.6) is 0 Å². The van der Waals surface area contributed by atoms with Crippen LogP contribution in [-0.2, 0) is 0 Å². The van der Waals surface area contributed by atoms with Crippen LogP contribution in [0.3, 0.4) is 0 Å². The highest BCUT2D eigenvalue weighted by Gasteiger charge is 2.31. The van der Waals surface area contributed by atoms with E-state index in [0.29, 0.717) is 10.7 Å². The molecule has 0 radical (unpaired) electrons. The first-order chi connectivity index (χ1) is 9.72. The smallest absolute Gasteiger partial charge is 0.224 e. The maximum atomic E-state index is 6.03. The first-order valence-corrected chi connectivity index (χ1v) is 7.76. The highest BCUT2D eigenvalue weighted by atomic mass is 35.5. The summed E-state index contributed by atoms with van der Waals surface area (Å²) in [7, 11) is 0. The Balaban J connectivity index is 1.87. The van der Waals surface area contributed by atoms with Gasteiger partial charge in [0.15, 0.2) is 0 Å². The van der Waals surface area contributed by atoms with Crippen molar-refractivity contribution in [3.63, 3.8) is 0 Å². The number of halogens is 1. The number of hydrogen-bond acceptors (Lipinski definition) is 3. The molecule has 0 saturated heterocycles. The van der Waals surface area contributed by atoms with E-state index in [4.69, 9.17) is 11.6 Å². The molecular weight excluding hydrogens is 270 g/mol. The number of nitrogens with zero attached hydrogens (tertiary/aromatic N) is 2. The molecule has 0 atom stereocenters. The molecule has 3 rings (SSSR count). The maximum Gasteiger partial charge on any atom is 0.224 e. The van der Waals surface area contributed by atoms with Crippen molar-refractivity contribution in [2.45, 2.75) is 39.0 Å². The van der Waals surface area contributed by atoms with Crippen LogP contribution in [0.15, 0.2) is 24.3 Å². The zero-order chi connectivity index (χ0) is 14.0. The Bertz CT molecular complexity index is 606. The third-order valence-corrected chi connectivity index (χ3v) is 4.79. The van der Waals surface area contributed by atoms with E-state index in [0.717, 1.165) is 23.3 Å². The van der Waals surface area contributed by atoms with Crippen molar-refractivity contribution in [1.29, 1.82) is 0 Å². The third-order valence-electron chi connectivity index (χ3n) is 4.62. The molecule has 4 heteroatoms. The molecule has 0 amide bonds. The van der Waals surface area contributed by atoms with Crippen molar-refractivity contribution in [1.82, 2.24) is 9.97 Å². The second-order valence-corrected chi connectivity index (χ2v) is 6.11. The molecule has 1 N–H and O–H groups in total. The summed E-state index contributed by atoms with van der Waals surface area (Å²) in [4.78, 5) is 8.64. The van der Waals surface area contributed by atoms with E-state index in [-0.39, 0.29) is 0 Å². The van der Waals surface area contributed by atoms with Crippen molar-refractivity contribution < 1.29 is 0 Å². The molecule has 0 unspecified atom stereocenters. The van der Waals surface area contributed by atoms with E-state index < -0.39 is 0 Å². The van der Waals surface area contributed by atoms with Gasteiger partial charge in [-0.2, -0.15) is 0 Å². The molecule has 1 heterocycles. The number of benzene rings is 1. The summed E-state index contributed by atoms with van der Waals surface area (Å²) >= 11 is 6.03. The Morgan fingerprint density at radius 3 is 2.70 bits per heavy atom. The number of para-hydroxylation sites is 1. The molecule has 3 nitrogen and oxygen atoms in total.